The highest BCUT2D eigenvalue weighted by Gasteiger charge is 2.24. The van der Waals surface area contributed by atoms with Gasteiger partial charge in [0.1, 0.15) is 34.5 Å². The number of fused-ring (bicyclic) bond motifs is 6. The molecule has 2 heterocycles. The molecule has 0 bridgehead atoms. The Balaban J connectivity index is 1.51. The maximum Gasteiger partial charge on any atom is 0.136 e. The average molecular weight is 562 g/mol. The summed E-state index contributed by atoms with van der Waals surface area (Å²) in [6, 6.07) is 43.4. The van der Waals surface area contributed by atoms with Crippen molar-refractivity contribution in [1.29, 1.82) is 15.8 Å². The van der Waals surface area contributed by atoms with Crippen LogP contribution in [0.3, 0.4) is 0 Å². The van der Waals surface area contributed by atoms with E-state index in [0.29, 0.717) is 50.1 Å². The predicted octanol–water partition coefficient (Wildman–Crippen LogP) is 10.1. The third kappa shape index (κ3) is 3.70. The van der Waals surface area contributed by atoms with E-state index >= 15 is 0 Å². The normalized spacial score (nSPS) is 11.1. The minimum absolute atomic E-state index is 0.347. The summed E-state index contributed by atoms with van der Waals surface area (Å²) in [6.07, 6.45) is 0. The number of benzene rings is 6. The molecule has 0 aliphatic carbocycles. The van der Waals surface area contributed by atoms with Crippen LogP contribution in [0.4, 0.5) is 0 Å². The highest BCUT2D eigenvalue weighted by Crippen LogP contribution is 2.45. The SMILES string of the molecule is N#Cc1cccc(-c2c(C#N)c(-c3ccc4c(c3)oc3ccccc34)cc(-c3cccc4oc5ccccc5c34)c2C#N)c1. The maximum absolute atomic E-state index is 10.7. The molecule has 44 heavy (non-hydrogen) atoms. The minimum Gasteiger partial charge on any atom is -0.456 e. The van der Waals surface area contributed by atoms with Crippen LogP contribution in [-0.4, -0.2) is 0 Å². The molecule has 0 N–H and O–H groups in total. The first-order valence-corrected chi connectivity index (χ1v) is 14.0. The lowest BCUT2D eigenvalue weighted by Crippen LogP contribution is -1.99. The van der Waals surface area contributed by atoms with Gasteiger partial charge in [-0.3, -0.25) is 0 Å². The van der Waals surface area contributed by atoms with Gasteiger partial charge in [-0.05, 0) is 65.2 Å². The molecule has 0 fully saturated rings. The third-order valence-electron chi connectivity index (χ3n) is 8.21. The number of rotatable bonds is 3. The fourth-order valence-corrected chi connectivity index (χ4v) is 6.28. The molecule has 0 spiro atoms. The van der Waals surface area contributed by atoms with Gasteiger partial charge < -0.3 is 8.83 Å². The summed E-state index contributed by atoms with van der Waals surface area (Å²) in [5.74, 6) is 0. The van der Waals surface area contributed by atoms with Crippen LogP contribution in [0, 0.1) is 34.0 Å². The topological polar surface area (TPSA) is 97.7 Å². The zero-order chi connectivity index (χ0) is 29.8. The number of para-hydroxylation sites is 2. The van der Waals surface area contributed by atoms with Crippen LogP contribution in [-0.2, 0) is 0 Å². The van der Waals surface area contributed by atoms with Crippen LogP contribution in [0.15, 0.2) is 124 Å². The van der Waals surface area contributed by atoms with E-state index in [2.05, 4.69) is 18.2 Å². The highest BCUT2D eigenvalue weighted by molar-refractivity contribution is 6.14. The van der Waals surface area contributed by atoms with Gasteiger partial charge in [0, 0.05) is 38.2 Å². The van der Waals surface area contributed by atoms with E-state index in [-0.39, 0.29) is 0 Å². The highest BCUT2D eigenvalue weighted by atomic mass is 16.3. The molecule has 2 aromatic heterocycles. The molecular formula is C39H19N3O2. The lowest BCUT2D eigenvalue weighted by molar-refractivity contribution is 0.668. The fraction of sp³-hybridized carbons (Fsp3) is 0. The van der Waals surface area contributed by atoms with Crippen LogP contribution < -0.4 is 0 Å². The molecule has 0 aliphatic heterocycles. The van der Waals surface area contributed by atoms with Crippen molar-refractivity contribution in [3.05, 3.63) is 132 Å². The number of hydrogen-bond acceptors (Lipinski definition) is 5. The summed E-state index contributed by atoms with van der Waals surface area (Å²) in [7, 11) is 0. The number of furan rings is 2. The van der Waals surface area contributed by atoms with Crippen molar-refractivity contribution in [2.24, 2.45) is 0 Å². The summed E-state index contributed by atoms with van der Waals surface area (Å²) in [5.41, 5.74) is 8.10. The number of nitrogens with zero attached hydrogens (tertiary/aromatic N) is 3. The van der Waals surface area contributed by atoms with Crippen molar-refractivity contribution in [2.45, 2.75) is 0 Å². The van der Waals surface area contributed by atoms with Crippen LogP contribution in [0.5, 0.6) is 0 Å². The van der Waals surface area contributed by atoms with E-state index in [4.69, 9.17) is 8.83 Å². The molecule has 0 amide bonds. The summed E-state index contributed by atoms with van der Waals surface area (Å²) in [4.78, 5) is 0. The van der Waals surface area contributed by atoms with Gasteiger partial charge in [-0.15, -0.1) is 0 Å². The molecule has 202 valence electrons. The Hall–Kier alpha value is -6.61. The van der Waals surface area contributed by atoms with E-state index in [0.717, 1.165) is 43.8 Å². The van der Waals surface area contributed by atoms with E-state index in [9.17, 15) is 15.8 Å². The third-order valence-corrected chi connectivity index (χ3v) is 8.21. The largest absolute Gasteiger partial charge is 0.456 e. The van der Waals surface area contributed by atoms with Gasteiger partial charge >= 0.3 is 0 Å². The van der Waals surface area contributed by atoms with Gasteiger partial charge in [0.15, 0.2) is 0 Å². The van der Waals surface area contributed by atoms with Gasteiger partial charge in [-0.2, -0.15) is 15.8 Å². The second-order valence-corrected chi connectivity index (χ2v) is 10.6. The van der Waals surface area contributed by atoms with E-state index in [1.54, 1.807) is 18.2 Å². The molecule has 0 aliphatic rings. The molecule has 8 rings (SSSR count). The molecule has 6 aromatic carbocycles. The quantitative estimate of drug-likeness (QED) is 0.214. The van der Waals surface area contributed by atoms with Gasteiger partial charge in [0.2, 0.25) is 0 Å². The van der Waals surface area contributed by atoms with Crippen molar-refractivity contribution in [3.63, 3.8) is 0 Å². The second kappa shape index (κ2) is 9.74. The molecule has 0 atom stereocenters. The molecule has 5 heteroatoms. The molecule has 5 nitrogen and oxygen atoms in total. The van der Waals surface area contributed by atoms with Gasteiger partial charge in [-0.25, -0.2) is 0 Å². The standard InChI is InChI=1S/C39H19N3O2/c40-20-23-7-5-8-25(17-23)38-32(21-41)30(24-15-16-27-26-9-1-3-12-34(26)44-37(27)18-24)19-31(33(38)22-42)28-11-6-14-36-39(28)29-10-2-4-13-35(29)43-36/h1-19H. The van der Waals surface area contributed by atoms with E-state index < -0.39 is 0 Å². The zero-order valence-corrected chi connectivity index (χ0v) is 23.1. The zero-order valence-electron chi connectivity index (χ0n) is 23.1. The van der Waals surface area contributed by atoms with Crippen LogP contribution in [0.2, 0.25) is 0 Å². The van der Waals surface area contributed by atoms with Gasteiger partial charge in [0.05, 0.1) is 22.8 Å². The minimum atomic E-state index is 0.347. The van der Waals surface area contributed by atoms with Crippen LogP contribution >= 0.6 is 0 Å². The number of nitriles is 3. The first kappa shape index (κ1) is 25.1. The summed E-state index contributed by atoms with van der Waals surface area (Å²) >= 11 is 0. The Bertz CT molecular complexity index is 2600. The van der Waals surface area contributed by atoms with Crippen molar-refractivity contribution >= 4 is 43.9 Å². The Morgan fingerprint density at radius 1 is 0.432 bits per heavy atom. The van der Waals surface area contributed by atoms with Gasteiger partial charge in [0.25, 0.3) is 0 Å². The van der Waals surface area contributed by atoms with Crippen molar-refractivity contribution in [3.8, 4) is 51.6 Å². The van der Waals surface area contributed by atoms with Crippen molar-refractivity contribution in [1.82, 2.24) is 0 Å². The second-order valence-electron chi connectivity index (χ2n) is 10.6. The van der Waals surface area contributed by atoms with E-state index in [1.807, 2.05) is 97.1 Å². The van der Waals surface area contributed by atoms with E-state index in [1.165, 1.54) is 0 Å². The Kier molecular flexibility index (Phi) is 5.56. The Morgan fingerprint density at radius 2 is 1.09 bits per heavy atom. The maximum atomic E-state index is 10.7. The summed E-state index contributed by atoms with van der Waals surface area (Å²) in [6.45, 7) is 0. The van der Waals surface area contributed by atoms with Gasteiger partial charge in [-0.1, -0.05) is 66.7 Å². The Morgan fingerprint density at radius 3 is 1.89 bits per heavy atom. The molecule has 0 unspecified atom stereocenters. The molecule has 0 radical (unpaired) electrons. The monoisotopic (exact) mass is 561 g/mol. The summed E-state index contributed by atoms with van der Waals surface area (Å²) < 4.78 is 12.4. The molecular weight excluding hydrogens is 542 g/mol. The molecule has 8 aromatic rings. The first-order chi connectivity index (χ1) is 21.7. The van der Waals surface area contributed by atoms with Crippen LogP contribution in [0.25, 0.3) is 77.3 Å². The number of hydrogen-bond donors (Lipinski definition) is 0. The van der Waals surface area contributed by atoms with Crippen molar-refractivity contribution < 1.29 is 8.83 Å². The summed E-state index contributed by atoms with van der Waals surface area (Å²) in [5, 5.41) is 34.9. The first-order valence-electron chi connectivity index (χ1n) is 14.0. The molecule has 0 saturated heterocycles. The smallest absolute Gasteiger partial charge is 0.136 e. The fourth-order valence-electron chi connectivity index (χ4n) is 6.28. The Labute approximate surface area is 251 Å². The van der Waals surface area contributed by atoms with Crippen LogP contribution in [0.1, 0.15) is 16.7 Å². The predicted molar refractivity (Wildman–Crippen MR) is 171 cm³/mol. The average Bonchev–Trinajstić information content (AvgIpc) is 3.65. The lowest BCUT2D eigenvalue weighted by Gasteiger charge is -2.17. The molecule has 0 saturated carbocycles. The lowest BCUT2D eigenvalue weighted by atomic mass is 9.83. The van der Waals surface area contributed by atoms with Crippen molar-refractivity contribution in [2.75, 3.05) is 0 Å².